The van der Waals surface area contributed by atoms with Gasteiger partial charge in [-0.05, 0) is 40.8 Å². The summed E-state index contributed by atoms with van der Waals surface area (Å²) in [6.45, 7) is 4.27. The van der Waals surface area contributed by atoms with Crippen LogP contribution in [0.4, 0.5) is 4.39 Å². The van der Waals surface area contributed by atoms with Gasteiger partial charge in [-0.25, -0.2) is 4.39 Å². The molecule has 0 aliphatic carbocycles. The molecule has 0 aromatic heterocycles. The molecule has 0 radical (unpaired) electrons. The molecule has 78 valence electrons. The molecule has 0 saturated carbocycles. The van der Waals surface area contributed by atoms with Crippen LogP contribution >= 0.6 is 0 Å². The van der Waals surface area contributed by atoms with E-state index in [1.807, 2.05) is 18.2 Å². The van der Waals surface area contributed by atoms with Crippen molar-refractivity contribution in [2.24, 2.45) is 0 Å². The Hall–Kier alpha value is -1.37. The Bertz CT molecular complexity index is 474. The summed E-state index contributed by atoms with van der Waals surface area (Å²) in [6, 6.07) is 11.2. The quantitative estimate of drug-likeness (QED) is 0.673. The molecular formula is C14H15F. The van der Waals surface area contributed by atoms with Crippen molar-refractivity contribution in [3.05, 3.63) is 47.8 Å². The average molecular weight is 202 g/mol. The van der Waals surface area contributed by atoms with Crippen LogP contribution in [0, 0.1) is 5.82 Å². The highest BCUT2D eigenvalue weighted by Gasteiger charge is 2.09. The summed E-state index contributed by atoms with van der Waals surface area (Å²) >= 11 is 0. The highest BCUT2D eigenvalue weighted by atomic mass is 19.1. The van der Waals surface area contributed by atoms with Crippen LogP contribution in [0.15, 0.2) is 36.4 Å². The standard InChI is InChI=1S/C14H15F/c1-3-10(2)14-9-12(15)8-11-6-4-5-7-13(11)14/h4-10H,3H2,1-2H3. The summed E-state index contributed by atoms with van der Waals surface area (Å²) in [7, 11) is 0. The van der Waals surface area contributed by atoms with E-state index < -0.39 is 0 Å². The van der Waals surface area contributed by atoms with E-state index in [0.29, 0.717) is 5.92 Å². The number of rotatable bonds is 2. The molecule has 1 heteroatoms. The van der Waals surface area contributed by atoms with Crippen molar-refractivity contribution in [1.29, 1.82) is 0 Å². The van der Waals surface area contributed by atoms with Gasteiger partial charge in [0.2, 0.25) is 0 Å². The van der Waals surface area contributed by atoms with E-state index in [9.17, 15) is 4.39 Å². The minimum atomic E-state index is -0.135. The third-order valence-corrected chi connectivity index (χ3v) is 3.00. The number of hydrogen-bond donors (Lipinski definition) is 0. The first-order chi connectivity index (χ1) is 7.22. The SMILES string of the molecule is CCC(C)c1cc(F)cc2ccccc12. The van der Waals surface area contributed by atoms with Gasteiger partial charge in [-0.3, -0.25) is 0 Å². The van der Waals surface area contributed by atoms with Crippen LogP contribution in [0.2, 0.25) is 0 Å². The molecule has 0 amide bonds. The smallest absolute Gasteiger partial charge is 0.124 e. The number of hydrogen-bond acceptors (Lipinski definition) is 0. The number of halogens is 1. The zero-order chi connectivity index (χ0) is 10.8. The fourth-order valence-electron chi connectivity index (χ4n) is 1.93. The van der Waals surface area contributed by atoms with E-state index in [4.69, 9.17) is 0 Å². The molecule has 1 atom stereocenters. The zero-order valence-electron chi connectivity index (χ0n) is 9.13. The first kappa shape index (κ1) is 10.2. The van der Waals surface area contributed by atoms with Gasteiger partial charge in [-0.15, -0.1) is 0 Å². The van der Waals surface area contributed by atoms with Crippen LogP contribution in [0.5, 0.6) is 0 Å². The van der Waals surface area contributed by atoms with Gasteiger partial charge in [0, 0.05) is 0 Å². The molecule has 0 saturated heterocycles. The number of benzene rings is 2. The molecule has 0 fully saturated rings. The Kier molecular flexibility index (Phi) is 2.72. The first-order valence-electron chi connectivity index (χ1n) is 5.40. The molecule has 2 aromatic rings. The lowest BCUT2D eigenvalue weighted by Crippen LogP contribution is -1.94. The van der Waals surface area contributed by atoms with Crippen molar-refractivity contribution in [2.45, 2.75) is 26.2 Å². The summed E-state index contributed by atoms with van der Waals surface area (Å²) in [5.74, 6) is 0.273. The van der Waals surface area contributed by atoms with Crippen molar-refractivity contribution >= 4 is 10.8 Å². The molecule has 0 aliphatic rings. The van der Waals surface area contributed by atoms with Gasteiger partial charge in [-0.1, -0.05) is 38.1 Å². The molecule has 0 aliphatic heterocycles. The Morgan fingerprint density at radius 1 is 1.20 bits per heavy atom. The first-order valence-corrected chi connectivity index (χ1v) is 5.40. The van der Waals surface area contributed by atoms with Gasteiger partial charge in [0.05, 0.1) is 0 Å². The molecule has 2 aromatic carbocycles. The van der Waals surface area contributed by atoms with Gasteiger partial charge in [0.15, 0.2) is 0 Å². The van der Waals surface area contributed by atoms with Crippen LogP contribution < -0.4 is 0 Å². The molecular weight excluding hydrogens is 187 g/mol. The van der Waals surface area contributed by atoms with Gasteiger partial charge in [0.25, 0.3) is 0 Å². The molecule has 15 heavy (non-hydrogen) atoms. The van der Waals surface area contributed by atoms with Crippen molar-refractivity contribution in [3.63, 3.8) is 0 Å². The lowest BCUT2D eigenvalue weighted by molar-refractivity contribution is 0.622. The van der Waals surface area contributed by atoms with Crippen molar-refractivity contribution in [3.8, 4) is 0 Å². The number of fused-ring (bicyclic) bond motifs is 1. The minimum absolute atomic E-state index is 0.135. The van der Waals surface area contributed by atoms with E-state index in [0.717, 1.165) is 17.4 Å². The summed E-state index contributed by atoms with van der Waals surface area (Å²) in [6.07, 6.45) is 1.04. The summed E-state index contributed by atoms with van der Waals surface area (Å²) < 4.78 is 13.4. The summed E-state index contributed by atoms with van der Waals surface area (Å²) in [5, 5.41) is 2.17. The maximum atomic E-state index is 13.4. The summed E-state index contributed by atoms with van der Waals surface area (Å²) in [5.41, 5.74) is 1.12. The van der Waals surface area contributed by atoms with Crippen molar-refractivity contribution < 1.29 is 4.39 Å². The average Bonchev–Trinajstić information content (AvgIpc) is 2.26. The van der Waals surface area contributed by atoms with Crippen molar-refractivity contribution in [1.82, 2.24) is 0 Å². The molecule has 0 heterocycles. The maximum Gasteiger partial charge on any atom is 0.124 e. The van der Waals surface area contributed by atoms with Crippen LogP contribution in [0.25, 0.3) is 10.8 Å². The maximum absolute atomic E-state index is 13.4. The second kappa shape index (κ2) is 4.01. The Balaban J connectivity index is 2.71. The molecule has 1 unspecified atom stereocenters. The second-order valence-electron chi connectivity index (χ2n) is 4.03. The Labute approximate surface area is 89.7 Å². The zero-order valence-corrected chi connectivity index (χ0v) is 9.13. The van der Waals surface area contributed by atoms with E-state index in [1.54, 1.807) is 12.1 Å². The summed E-state index contributed by atoms with van der Waals surface area (Å²) in [4.78, 5) is 0. The Morgan fingerprint density at radius 3 is 2.67 bits per heavy atom. The second-order valence-corrected chi connectivity index (χ2v) is 4.03. The molecule has 0 N–H and O–H groups in total. The third-order valence-electron chi connectivity index (χ3n) is 3.00. The largest absolute Gasteiger partial charge is 0.207 e. The third kappa shape index (κ3) is 1.87. The van der Waals surface area contributed by atoms with Crippen molar-refractivity contribution in [2.75, 3.05) is 0 Å². The van der Waals surface area contributed by atoms with Crippen LogP contribution in [-0.4, -0.2) is 0 Å². The van der Waals surface area contributed by atoms with E-state index in [2.05, 4.69) is 19.9 Å². The lowest BCUT2D eigenvalue weighted by atomic mass is 9.93. The fourth-order valence-corrected chi connectivity index (χ4v) is 1.93. The van der Waals surface area contributed by atoms with Crippen LogP contribution in [0.3, 0.4) is 0 Å². The lowest BCUT2D eigenvalue weighted by Gasteiger charge is -2.12. The molecule has 0 bridgehead atoms. The monoisotopic (exact) mass is 202 g/mol. The highest BCUT2D eigenvalue weighted by molar-refractivity contribution is 5.86. The topological polar surface area (TPSA) is 0 Å². The minimum Gasteiger partial charge on any atom is -0.207 e. The fraction of sp³-hybridized carbons (Fsp3) is 0.286. The molecule has 2 rings (SSSR count). The van der Waals surface area contributed by atoms with E-state index in [-0.39, 0.29) is 5.82 Å². The van der Waals surface area contributed by atoms with Gasteiger partial charge < -0.3 is 0 Å². The highest BCUT2D eigenvalue weighted by Crippen LogP contribution is 2.28. The Morgan fingerprint density at radius 2 is 1.93 bits per heavy atom. The van der Waals surface area contributed by atoms with Crippen LogP contribution in [0.1, 0.15) is 31.7 Å². The molecule has 0 spiro atoms. The normalized spacial score (nSPS) is 13.0. The predicted molar refractivity (Wildman–Crippen MR) is 62.6 cm³/mol. The van der Waals surface area contributed by atoms with Gasteiger partial charge in [-0.2, -0.15) is 0 Å². The van der Waals surface area contributed by atoms with Gasteiger partial charge in [0.1, 0.15) is 5.82 Å². The predicted octanol–water partition coefficient (Wildman–Crippen LogP) is 4.49. The van der Waals surface area contributed by atoms with E-state index in [1.165, 1.54) is 5.39 Å². The van der Waals surface area contributed by atoms with Crippen LogP contribution in [-0.2, 0) is 0 Å². The van der Waals surface area contributed by atoms with E-state index >= 15 is 0 Å². The van der Waals surface area contributed by atoms with Gasteiger partial charge >= 0.3 is 0 Å². The molecule has 0 nitrogen and oxygen atoms in total.